The fourth-order valence-corrected chi connectivity index (χ4v) is 3.82. The molecule has 19 heavy (non-hydrogen) atoms. The minimum Gasteiger partial charge on any atom is -0.300 e. The van der Waals surface area contributed by atoms with Crippen LogP contribution in [-0.4, -0.2) is 28.2 Å². The molecule has 0 radical (unpaired) electrons. The lowest BCUT2D eigenvalue weighted by Crippen LogP contribution is -2.28. The zero-order valence-electron chi connectivity index (χ0n) is 12.3. The Hall–Kier alpha value is -1.20. The molecule has 0 fully saturated rings. The lowest BCUT2D eigenvalue weighted by Gasteiger charge is -2.18. The van der Waals surface area contributed by atoms with Crippen molar-refractivity contribution in [3.63, 3.8) is 0 Å². The van der Waals surface area contributed by atoms with Gasteiger partial charge in [0.25, 0.3) is 0 Å². The van der Waals surface area contributed by atoms with Crippen LogP contribution in [0.2, 0.25) is 0 Å². The molecule has 0 aliphatic carbocycles. The Kier molecular flexibility index (Phi) is 4.87. The maximum atomic E-state index is 12.4. The van der Waals surface area contributed by atoms with Crippen molar-refractivity contribution < 1.29 is 8.42 Å². The summed E-state index contributed by atoms with van der Waals surface area (Å²) in [5.41, 5.74) is 4.86. The van der Waals surface area contributed by atoms with E-state index >= 15 is 0 Å². The summed E-state index contributed by atoms with van der Waals surface area (Å²) in [6.07, 6.45) is 0. The van der Waals surface area contributed by atoms with Crippen LogP contribution in [0.15, 0.2) is 9.89 Å². The summed E-state index contributed by atoms with van der Waals surface area (Å²) >= 11 is 0. The molecule has 1 N–H and O–H groups in total. The lowest BCUT2D eigenvalue weighted by atomic mass is 9.95. The van der Waals surface area contributed by atoms with E-state index in [2.05, 4.69) is 16.4 Å². The van der Waals surface area contributed by atoms with Crippen molar-refractivity contribution in [2.45, 2.75) is 39.5 Å². The summed E-state index contributed by atoms with van der Waals surface area (Å²) in [6.45, 7) is 13.6. The molecule has 0 bridgehead atoms. The average molecular weight is 282 g/mol. The van der Waals surface area contributed by atoms with Crippen molar-refractivity contribution in [1.82, 2.24) is 4.72 Å². The summed E-state index contributed by atoms with van der Waals surface area (Å²) in [5.74, 6) is 0. The molecule has 4 nitrogen and oxygen atoms in total. The lowest BCUT2D eigenvalue weighted by molar-refractivity contribution is 0.580. The fraction of sp³-hybridized carbons (Fsp3) is 0.500. The van der Waals surface area contributed by atoms with Crippen LogP contribution in [0, 0.1) is 34.6 Å². The van der Waals surface area contributed by atoms with Gasteiger partial charge in [0.05, 0.1) is 11.4 Å². The van der Waals surface area contributed by atoms with E-state index in [-0.39, 0.29) is 6.54 Å². The number of sulfonamides is 1. The molecule has 1 aromatic carbocycles. The van der Waals surface area contributed by atoms with Crippen LogP contribution < -0.4 is 4.72 Å². The average Bonchev–Trinajstić information content (AvgIpc) is 2.34. The van der Waals surface area contributed by atoms with E-state index in [0.29, 0.717) is 11.4 Å². The van der Waals surface area contributed by atoms with Crippen molar-refractivity contribution in [3.8, 4) is 0 Å². The first-order chi connectivity index (χ1) is 8.74. The van der Waals surface area contributed by atoms with Gasteiger partial charge in [-0.2, -0.15) is 0 Å². The zero-order chi connectivity index (χ0) is 14.8. The number of rotatable bonds is 5. The molecule has 106 valence electrons. The van der Waals surface area contributed by atoms with Crippen molar-refractivity contribution in [2.24, 2.45) is 4.99 Å². The molecule has 5 heteroatoms. The molecule has 0 amide bonds. The van der Waals surface area contributed by atoms with Crippen LogP contribution >= 0.6 is 0 Å². The number of nitrogens with zero attached hydrogens (tertiary/aromatic N) is 1. The van der Waals surface area contributed by atoms with Gasteiger partial charge in [-0.1, -0.05) is 0 Å². The second-order valence-electron chi connectivity index (χ2n) is 4.80. The summed E-state index contributed by atoms with van der Waals surface area (Å²) < 4.78 is 27.4. The SMILES string of the molecule is C=NCCNS(=O)(=O)c1c(C)c(C)c(C)c(C)c1C. The Balaban J connectivity index is 3.39. The number of benzene rings is 1. The largest absolute Gasteiger partial charge is 0.300 e. The Labute approximate surface area is 116 Å². The van der Waals surface area contributed by atoms with Gasteiger partial charge >= 0.3 is 0 Å². The predicted molar refractivity (Wildman–Crippen MR) is 79.7 cm³/mol. The van der Waals surface area contributed by atoms with Crippen LogP contribution in [0.3, 0.4) is 0 Å². The van der Waals surface area contributed by atoms with Gasteiger partial charge in [-0.15, -0.1) is 0 Å². The molecular weight excluding hydrogens is 260 g/mol. The van der Waals surface area contributed by atoms with E-state index in [1.54, 1.807) is 0 Å². The first-order valence-corrected chi connectivity index (χ1v) is 7.71. The van der Waals surface area contributed by atoms with Crippen LogP contribution in [0.4, 0.5) is 0 Å². The van der Waals surface area contributed by atoms with E-state index < -0.39 is 10.0 Å². The summed E-state index contributed by atoms with van der Waals surface area (Å²) in [6, 6.07) is 0. The Morgan fingerprint density at radius 3 is 1.79 bits per heavy atom. The normalized spacial score (nSPS) is 11.6. The van der Waals surface area contributed by atoms with E-state index in [1.165, 1.54) is 0 Å². The molecule has 0 aliphatic rings. The van der Waals surface area contributed by atoms with E-state index in [4.69, 9.17) is 0 Å². The summed E-state index contributed by atoms with van der Waals surface area (Å²) in [7, 11) is -3.49. The van der Waals surface area contributed by atoms with Gasteiger partial charge in [-0.05, 0) is 69.2 Å². The number of nitrogens with one attached hydrogen (secondary N) is 1. The van der Waals surface area contributed by atoms with E-state index in [1.807, 2.05) is 34.6 Å². The molecule has 0 saturated carbocycles. The number of aliphatic imine (C=N–C) groups is 1. The van der Waals surface area contributed by atoms with Gasteiger partial charge < -0.3 is 0 Å². The van der Waals surface area contributed by atoms with Gasteiger partial charge in [0, 0.05) is 6.54 Å². The Morgan fingerprint density at radius 2 is 1.37 bits per heavy atom. The smallest absolute Gasteiger partial charge is 0.241 e. The molecule has 1 rings (SSSR count). The molecule has 0 saturated heterocycles. The highest BCUT2D eigenvalue weighted by Crippen LogP contribution is 2.29. The monoisotopic (exact) mass is 282 g/mol. The second-order valence-corrected chi connectivity index (χ2v) is 6.50. The first kappa shape index (κ1) is 15.9. The van der Waals surface area contributed by atoms with Gasteiger partial charge in [0.1, 0.15) is 0 Å². The fourth-order valence-electron chi connectivity index (χ4n) is 2.20. The maximum Gasteiger partial charge on any atom is 0.241 e. The summed E-state index contributed by atoms with van der Waals surface area (Å²) in [5, 5.41) is 0. The Bertz CT molecular complexity index is 575. The molecular formula is C14H22N2O2S. The molecule has 0 unspecified atom stereocenters. The summed E-state index contributed by atoms with van der Waals surface area (Å²) in [4.78, 5) is 4.05. The second kappa shape index (κ2) is 5.84. The number of hydrogen-bond acceptors (Lipinski definition) is 3. The minimum absolute atomic E-state index is 0.274. The molecule has 0 heterocycles. The molecule has 0 atom stereocenters. The van der Waals surface area contributed by atoms with E-state index in [0.717, 1.165) is 27.8 Å². The third-order valence-electron chi connectivity index (χ3n) is 3.76. The minimum atomic E-state index is -3.49. The standard InChI is InChI=1S/C14H22N2O2S/c1-9-10(2)12(4)14(13(5)11(9)3)19(17,18)16-8-7-15-6/h16H,6-8H2,1-5H3. The van der Waals surface area contributed by atoms with Crippen LogP contribution in [-0.2, 0) is 10.0 Å². The topological polar surface area (TPSA) is 58.5 Å². The highest BCUT2D eigenvalue weighted by Gasteiger charge is 2.22. The molecule has 0 spiro atoms. The van der Waals surface area contributed by atoms with Crippen molar-refractivity contribution in [3.05, 3.63) is 27.8 Å². The molecule has 0 aliphatic heterocycles. The highest BCUT2D eigenvalue weighted by molar-refractivity contribution is 7.89. The highest BCUT2D eigenvalue weighted by atomic mass is 32.2. The third kappa shape index (κ3) is 3.04. The molecule has 1 aromatic rings. The van der Waals surface area contributed by atoms with Crippen LogP contribution in [0.5, 0.6) is 0 Å². The van der Waals surface area contributed by atoms with Gasteiger partial charge in [0.2, 0.25) is 10.0 Å². The first-order valence-electron chi connectivity index (χ1n) is 6.23. The quantitative estimate of drug-likeness (QED) is 0.665. The molecule has 0 aromatic heterocycles. The third-order valence-corrected chi connectivity index (χ3v) is 5.50. The number of hydrogen-bond donors (Lipinski definition) is 1. The van der Waals surface area contributed by atoms with Crippen LogP contribution in [0.1, 0.15) is 27.8 Å². The van der Waals surface area contributed by atoms with Gasteiger partial charge in [-0.25, -0.2) is 13.1 Å². The van der Waals surface area contributed by atoms with Crippen molar-refractivity contribution >= 4 is 16.7 Å². The van der Waals surface area contributed by atoms with Crippen molar-refractivity contribution in [1.29, 1.82) is 0 Å². The predicted octanol–water partition coefficient (Wildman–Crippen LogP) is 2.21. The zero-order valence-corrected chi connectivity index (χ0v) is 13.1. The van der Waals surface area contributed by atoms with Gasteiger partial charge in [-0.3, -0.25) is 4.99 Å². The van der Waals surface area contributed by atoms with Gasteiger partial charge in [0.15, 0.2) is 0 Å². The maximum absolute atomic E-state index is 12.4. The van der Waals surface area contributed by atoms with E-state index in [9.17, 15) is 8.42 Å². The van der Waals surface area contributed by atoms with Crippen molar-refractivity contribution in [2.75, 3.05) is 13.1 Å². The van der Waals surface area contributed by atoms with Crippen LogP contribution in [0.25, 0.3) is 0 Å². The Morgan fingerprint density at radius 1 is 0.947 bits per heavy atom.